The first-order valence-electron chi connectivity index (χ1n) is 9.93. The maximum absolute atomic E-state index is 13.1. The second-order valence-electron chi connectivity index (χ2n) is 7.36. The van der Waals surface area contributed by atoms with E-state index in [0.717, 1.165) is 9.78 Å². The van der Waals surface area contributed by atoms with Crippen molar-refractivity contribution in [2.24, 2.45) is 0 Å². The van der Waals surface area contributed by atoms with E-state index in [1.54, 1.807) is 20.8 Å². The van der Waals surface area contributed by atoms with Gasteiger partial charge >= 0.3 is 5.97 Å². The summed E-state index contributed by atoms with van der Waals surface area (Å²) < 4.78 is 5.11. The minimum atomic E-state index is -0.404. The van der Waals surface area contributed by atoms with Gasteiger partial charge in [0.05, 0.1) is 48.9 Å². The van der Waals surface area contributed by atoms with Gasteiger partial charge in [0.15, 0.2) is 6.04 Å². The Hall–Kier alpha value is -2.45. The number of ketones is 1. The molecule has 0 bridgehead atoms. The average Bonchev–Trinajstić information content (AvgIpc) is 3.35. The molecule has 3 rings (SSSR count). The molecule has 1 atom stereocenters. The third-order valence-electron chi connectivity index (χ3n) is 5.59. The summed E-state index contributed by atoms with van der Waals surface area (Å²) in [6, 6.07) is 3.46. The molecule has 1 fully saturated rings. The fourth-order valence-corrected chi connectivity index (χ4v) is 4.58. The van der Waals surface area contributed by atoms with Gasteiger partial charge in [-0.3, -0.25) is 9.59 Å². The molecule has 2 N–H and O–H groups in total. The minimum Gasteiger partial charge on any atom is -0.462 e. The molecule has 1 aliphatic rings. The lowest BCUT2D eigenvalue weighted by molar-refractivity contribution is -0.917. The number of aryl methyl sites for hydroxylation is 1. The second kappa shape index (κ2) is 8.92. The first-order valence-corrected chi connectivity index (χ1v) is 10.8. The fraction of sp³-hybridized carbons (Fsp3) is 0.476. The third-order valence-corrected chi connectivity index (χ3v) is 6.45. The Labute approximate surface area is 174 Å². The Bertz CT molecular complexity index is 895. The number of quaternary nitrogens is 1. The molecule has 29 heavy (non-hydrogen) atoms. The van der Waals surface area contributed by atoms with Crippen molar-refractivity contribution in [1.82, 2.24) is 9.88 Å². The third kappa shape index (κ3) is 4.28. The van der Waals surface area contributed by atoms with E-state index in [2.05, 4.69) is 4.98 Å². The zero-order valence-electron chi connectivity index (χ0n) is 17.3. The van der Waals surface area contributed by atoms with Crippen LogP contribution in [0.4, 0.5) is 0 Å². The molecule has 0 aliphatic carbocycles. The minimum absolute atomic E-state index is 0.0193. The first kappa shape index (κ1) is 21.3. The van der Waals surface area contributed by atoms with Crippen LogP contribution in [0, 0.1) is 13.8 Å². The number of amides is 1. The maximum atomic E-state index is 13.1. The van der Waals surface area contributed by atoms with Crippen molar-refractivity contribution in [2.75, 3.05) is 32.8 Å². The zero-order chi connectivity index (χ0) is 21.1. The number of nitrogens with one attached hydrogen (secondary N) is 2. The molecule has 2 aromatic rings. The highest BCUT2D eigenvalue weighted by molar-refractivity contribution is 7.12. The number of esters is 1. The van der Waals surface area contributed by atoms with Crippen LogP contribution in [0.5, 0.6) is 0 Å². The predicted molar refractivity (Wildman–Crippen MR) is 111 cm³/mol. The van der Waals surface area contributed by atoms with Crippen LogP contribution in [0.2, 0.25) is 0 Å². The Balaban J connectivity index is 1.66. The van der Waals surface area contributed by atoms with E-state index in [9.17, 15) is 14.4 Å². The number of thiophene rings is 1. The number of Topliss-reactive ketones (excluding diaryl/α,β-unsaturated/α-hetero) is 1. The van der Waals surface area contributed by atoms with Gasteiger partial charge in [0.25, 0.3) is 5.91 Å². The molecule has 2 aromatic heterocycles. The lowest BCUT2D eigenvalue weighted by Crippen LogP contribution is -3.18. The van der Waals surface area contributed by atoms with Gasteiger partial charge in [-0.05, 0) is 44.7 Å². The molecule has 1 saturated heterocycles. The molecule has 0 unspecified atom stereocenters. The van der Waals surface area contributed by atoms with E-state index in [1.165, 1.54) is 11.3 Å². The Morgan fingerprint density at radius 3 is 2.55 bits per heavy atom. The summed E-state index contributed by atoms with van der Waals surface area (Å²) in [6.45, 7) is 10.2. The van der Waals surface area contributed by atoms with Crippen LogP contribution in [0.3, 0.4) is 0 Å². The number of piperazine rings is 1. The Kier molecular flexibility index (Phi) is 6.54. The van der Waals surface area contributed by atoms with Crippen molar-refractivity contribution < 1.29 is 24.0 Å². The number of aromatic nitrogens is 1. The lowest BCUT2D eigenvalue weighted by atomic mass is 10.0. The van der Waals surface area contributed by atoms with Gasteiger partial charge in [-0.15, -0.1) is 11.3 Å². The molecule has 1 amide bonds. The average molecular weight is 419 g/mol. The summed E-state index contributed by atoms with van der Waals surface area (Å²) in [4.78, 5) is 44.7. The lowest BCUT2D eigenvalue weighted by Gasteiger charge is -2.34. The molecule has 0 spiro atoms. The number of carbonyl (C=O) groups is 3. The Morgan fingerprint density at radius 2 is 1.97 bits per heavy atom. The van der Waals surface area contributed by atoms with Crippen molar-refractivity contribution in [3.63, 3.8) is 0 Å². The molecule has 0 radical (unpaired) electrons. The number of H-pyrrole nitrogens is 1. The van der Waals surface area contributed by atoms with Gasteiger partial charge in [-0.25, -0.2) is 4.79 Å². The number of rotatable bonds is 6. The summed E-state index contributed by atoms with van der Waals surface area (Å²) in [5.74, 6) is -0.361. The second-order valence-corrected chi connectivity index (χ2v) is 8.31. The van der Waals surface area contributed by atoms with Crippen molar-refractivity contribution in [2.45, 2.75) is 33.7 Å². The van der Waals surface area contributed by atoms with Crippen molar-refractivity contribution in [1.29, 1.82) is 0 Å². The van der Waals surface area contributed by atoms with Crippen molar-refractivity contribution in [3.05, 3.63) is 44.9 Å². The fourth-order valence-electron chi connectivity index (χ4n) is 3.89. The summed E-state index contributed by atoms with van der Waals surface area (Å²) in [6.07, 6.45) is 0. The highest BCUT2D eigenvalue weighted by Gasteiger charge is 2.34. The first-order chi connectivity index (χ1) is 13.8. The molecule has 8 heteroatoms. The van der Waals surface area contributed by atoms with Gasteiger partial charge in [0.1, 0.15) is 0 Å². The summed E-state index contributed by atoms with van der Waals surface area (Å²) in [5.41, 5.74) is 2.22. The van der Waals surface area contributed by atoms with Gasteiger partial charge in [0.2, 0.25) is 5.78 Å². The quantitative estimate of drug-likeness (QED) is 0.550. The van der Waals surface area contributed by atoms with E-state index in [1.807, 2.05) is 29.3 Å². The van der Waals surface area contributed by atoms with Crippen LogP contribution in [0.15, 0.2) is 17.5 Å². The SMILES string of the molecule is CCOC(=O)c1c(C)[nH]c(C(=O)[C@H](C)[NH+]2CCN(C(=O)c3cccs3)CC2)c1C. The van der Waals surface area contributed by atoms with E-state index in [0.29, 0.717) is 55.3 Å². The predicted octanol–water partition coefficient (Wildman–Crippen LogP) is 1.48. The maximum Gasteiger partial charge on any atom is 0.340 e. The van der Waals surface area contributed by atoms with Crippen LogP contribution in [-0.4, -0.2) is 66.4 Å². The standard InChI is InChI=1S/C21H27N3O4S/c1-5-28-21(27)17-13(2)18(22-14(17)3)19(25)15(4)23-8-10-24(11-9-23)20(26)16-7-6-12-29-16/h6-7,12,15,22H,5,8-11H2,1-4H3/p+1/t15-/m0/s1. The van der Waals surface area contributed by atoms with Crippen molar-refractivity contribution >= 4 is 29.0 Å². The zero-order valence-corrected chi connectivity index (χ0v) is 18.1. The van der Waals surface area contributed by atoms with E-state index < -0.39 is 5.97 Å². The summed E-state index contributed by atoms with van der Waals surface area (Å²) in [5, 5.41) is 1.90. The number of ether oxygens (including phenoxy) is 1. The largest absolute Gasteiger partial charge is 0.462 e. The number of nitrogens with zero attached hydrogens (tertiary/aromatic N) is 1. The van der Waals surface area contributed by atoms with E-state index >= 15 is 0 Å². The molecule has 156 valence electrons. The van der Waals surface area contributed by atoms with E-state index in [4.69, 9.17) is 4.74 Å². The highest BCUT2D eigenvalue weighted by atomic mass is 32.1. The van der Waals surface area contributed by atoms with E-state index in [-0.39, 0.29) is 17.7 Å². The van der Waals surface area contributed by atoms with Crippen LogP contribution >= 0.6 is 11.3 Å². The topological polar surface area (TPSA) is 83.9 Å². The number of aromatic amines is 1. The van der Waals surface area contributed by atoms with Gasteiger partial charge in [-0.2, -0.15) is 0 Å². The van der Waals surface area contributed by atoms with Crippen molar-refractivity contribution in [3.8, 4) is 0 Å². The monoisotopic (exact) mass is 418 g/mol. The summed E-state index contributed by atoms with van der Waals surface area (Å²) >= 11 is 1.45. The number of hydrogen-bond acceptors (Lipinski definition) is 5. The molecule has 1 aliphatic heterocycles. The molecule has 3 heterocycles. The molecule has 0 aromatic carbocycles. The molecular weight excluding hydrogens is 390 g/mol. The van der Waals surface area contributed by atoms with Crippen LogP contribution in [0.25, 0.3) is 0 Å². The Morgan fingerprint density at radius 1 is 1.28 bits per heavy atom. The highest BCUT2D eigenvalue weighted by Crippen LogP contribution is 2.20. The molecular formula is C21H28N3O4S+. The van der Waals surface area contributed by atoms with Gasteiger partial charge < -0.3 is 19.5 Å². The number of carbonyl (C=O) groups excluding carboxylic acids is 3. The molecule has 7 nitrogen and oxygen atoms in total. The smallest absolute Gasteiger partial charge is 0.340 e. The van der Waals surface area contributed by atoms with Crippen LogP contribution in [0.1, 0.15) is 55.6 Å². The summed E-state index contributed by atoms with van der Waals surface area (Å²) in [7, 11) is 0. The van der Waals surface area contributed by atoms with Crippen LogP contribution in [-0.2, 0) is 4.74 Å². The van der Waals surface area contributed by atoms with Gasteiger partial charge in [0, 0.05) is 5.69 Å². The number of hydrogen-bond donors (Lipinski definition) is 2. The molecule has 0 saturated carbocycles. The van der Waals surface area contributed by atoms with Gasteiger partial charge in [-0.1, -0.05) is 6.07 Å². The van der Waals surface area contributed by atoms with Crippen LogP contribution < -0.4 is 4.90 Å². The normalized spacial score (nSPS) is 15.9.